The summed E-state index contributed by atoms with van der Waals surface area (Å²) in [6, 6.07) is 2.78. The van der Waals surface area contributed by atoms with E-state index in [-0.39, 0.29) is 20.5 Å². The Balaban J connectivity index is 2.20. The molecule has 1 atom stereocenters. The summed E-state index contributed by atoms with van der Waals surface area (Å²) < 4.78 is 27.1. The molecule has 1 heterocycles. The van der Waals surface area contributed by atoms with Crippen molar-refractivity contribution in [1.82, 2.24) is 4.72 Å². The number of hydrogen-bond acceptors (Lipinski definition) is 4. The summed E-state index contributed by atoms with van der Waals surface area (Å²) in [6.45, 7) is -0.0140. The molecule has 2 N–H and O–H groups in total. The molecule has 1 unspecified atom stereocenters. The van der Waals surface area contributed by atoms with Crippen LogP contribution in [0.2, 0.25) is 10.0 Å². The van der Waals surface area contributed by atoms with Crippen LogP contribution >= 0.6 is 35.0 Å². The van der Waals surface area contributed by atoms with Gasteiger partial charge in [0, 0.05) is 22.4 Å². The normalized spacial score (nSPS) is 19.4. The molecule has 0 amide bonds. The molecule has 112 valence electrons. The number of benzene rings is 1. The average Bonchev–Trinajstić information content (AvgIpc) is 2.90. The molecule has 2 rings (SSSR count). The molecular weight excluding hydrogens is 341 g/mol. The Kier molecular flexibility index (Phi) is 5.62. The van der Waals surface area contributed by atoms with Gasteiger partial charge in [0.05, 0.1) is 11.6 Å². The van der Waals surface area contributed by atoms with E-state index in [0.717, 1.165) is 18.6 Å². The first-order chi connectivity index (χ1) is 9.45. The van der Waals surface area contributed by atoms with Crippen LogP contribution in [0.1, 0.15) is 18.4 Å². The number of nitrogens with one attached hydrogen (secondary N) is 1. The zero-order chi connectivity index (χ0) is 14.8. The molecular formula is C12H15Cl2NO3S2. The SMILES string of the molecule is O=S(=O)(NCC1CCCS1)c1ccc(Cl)c(CO)c1Cl. The summed E-state index contributed by atoms with van der Waals surface area (Å²) in [5, 5.41) is 9.75. The average molecular weight is 356 g/mol. The van der Waals surface area contributed by atoms with Gasteiger partial charge in [-0.2, -0.15) is 11.8 Å². The van der Waals surface area contributed by atoms with Gasteiger partial charge in [-0.3, -0.25) is 0 Å². The lowest BCUT2D eigenvalue weighted by Crippen LogP contribution is -2.30. The first-order valence-electron chi connectivity index (χ1n) is 6.14. The van der Waals surface area contributed by atoms with Crippen LogP contribution < -0.4 is 4.72 Å². The second kappa shape index (κ2) is 6.85. The first kappa shape index (κ1) is 16.4. The van der Waals surface area contributed by atoms with Crippen molar-refractivity contribution < 1.29 is 13.5 Å². The van der Waals surface area contributed by atoms with E-state index in [4.69, 9.17) is 23.2 Å². The molecule has 1 fully saturated rings. The molecule has 20 heavy (non-hydrogen) atoms. The third-order valence-corrected chi connectivity index (χ3v) is 6.89. The number of hydrogen-bond donors (Lipinski definition) is 2. The highest BCUT2D eigenvalue weighted by atomic mass is 35.5. The van der Waals surface area contributed by atoms with E-state index in [9.17, 15) is 13.5 Å². The molecule has 0 aromatic heterocycles. The summed E-state index contributed by atoms with van der Waals surface area (Å²) >= 11 is 13.7. The molecule has 1 aliphatic rings. The van der Waals surface area contributed by atoms with Gasteiger partial charge in [0.2, 0.25) is 10.0 Å². The topological polar surface area (TPSA) is 66.4 Å². The molecule has 1 saturated heterocycles. The van der Waals surface area contributed by atoms with Crippen LogP contribution in [-0.4, -0.2) is 31.1 Å². The van der Waals surface area contributed by atoms with Gasteiger partial charge in [0.25, 0.3) is 0 Å². The maximum absolute atomic E-state index is 12.3. The van der Waals surface area contributed by atoms with Gasteiger partial charge in [0.1, 0.15) is 4.90 Å². The van der Waals surface area contributed by atoms with E-state index < -0.39 is 16.6 Å². The van der Waals surface area contributed by atoms with E-state index in [2.05, 4.69) is 4.72 Å². The second-order valence-electron chi connectivity index (χ2n) is 4.48. The number of aliphatic hydroxyl groups excluding tert-OH is 1. The Morgan fingerprint density at radius 3 is 2.75 bits per heavy atom. The lowest BCUT2D eigenvalue weighted by atomic mass is 10.2. The molecule has 0 aliphatic carbocycles. The van der Waals surface area contributed by atoms with Crippen LogP contribution in [0, 0.1) is 0 Å². The predicted octanol–water partition coefficient (Wildman–Crippen LogP) is 2.66. The van der Waals surface area contributed by atoms with Crippen molar-refractivity contribution in [2.45, 2.75) is 29.6 Å². The summed E-state index contributed by atoms with van der Waals surface area (Å²) in [5.74, 6) is 1.07. The van der Waals surface area contributed by atoms with Crippen molar-refractivity contribution in [2.24, 2.45) is 0 Å². The van der Waals surface area contributed by atoms with Crippen LogP contribution in [0.3, 0.4) is 0 Å². The van der Waals surface area contributed by atoms with E-state index in [1.807, 2.05) is 0 Å². The van der Waals surface area contributed by atoms with Gasteiger partial charge >= 0.3 is 0 Å². The smallest absolute Gasteiger partial charge is 0.242 e. The summed E-state index contributed by atoms with van der Waals surface area (Å²) in [6.07, 6.45) is 2.14. The Morgan fingerprint density at radius 1 is 1.40 bits per heavy atom. The summed E-state index contributed by atoms with van der Waals surface area (Å²) in [4.78, 5) is -0.0457. The van der Waals surface area contributed by atoms with Gasteiger partial charge in [0.15, 0.2) is 0 Å². The second-order valence-corrected chi connectivity index (χ2v) is 8.41. The molecule has 8 heteroatoms. The van der Waals surface area contributed by atoms with Crippen LogP contribution in [0.5, 0.6) is 0 Å². The van der Waals surface area contributed by atoms with Crippen LogP contribution in [0.15, 0.2) is 17.0 Å². The predicted molar refractivity (Wildman–Crippen MR) is 83.1 cm³/mol. The Morgan fingerprint density at radius 2 is 2.15 bits per heavy atom. The van der Waals surface area contributed by atoms with E-state index in [0.29, 0.717) is 11.8 Å². The van der Waals surface area contributed by atoms with Crippen molar-refractivity contribution in [3.63, 3.8) is 0 Å². The lowest BCUT2D eigenvalue weighted by molar-refractivity contribution is 0.281. The number of thioether (sulfide) groups is 1. The number of aliphatic hydroxyl groups is 1. The number of sulfonamides is 1. The molecule has 0 radical (unpaired) electrons. The minimum Gasteiger partial charge on any atom is -0.392 e. The highest BCUT2D eigenvalue weighted by Crippen LogP contribution is 2.31. The van der Waals surface area contributed by atoms with Crippen molar-refractivity contribution >= 4 is 45.0 Å². The van der Waals surface area contributed by atoms with Gasteiger partial charge < -0.3 is 5.11 Å². The molecule has 0 bridgehead atoms. The third kappa shape index (κ3) is 3.61. The first-order valence-corrected chi connectivity index (χ1v) is 9.43. The van der Waals surface area contributed by atoms with Crippen LogP contribution in [0.4, 0.5) is 0 Å². The molecule has 1 aromatic rings. The standard InChI is InChI=1S/C12H15Cl2NO3S2/c13-10-3-4-11(12(14)9(10)7-16)20(17,18)15-6-8-2-1-5-19-8/h3-4,8,15-16H,1-2,5-7H2. The van der Waals surface area contributed by atoms with Crippen LogP contribution in [0.25, 0.3) is 0 Å². The number of halogens is 2. The van der Waals surface area contributed by atoms with Crippen molar-refractivity contribution in [3.05, 3.63) is 27.7 Å². The molecule has 1 aromatic carbocycles. The Bertz CT molecular complexity index is 587. The zero-order valence-corrected chi connectivity index (χ0v) is 13.7. The summed E-state index contributed by atoms with van der Waals surface area (Å²) in [5.41, 5.74) is 0.228. The number of rotatable bonds is 5. The van der Waals surface area contributed by atoms with Gasteiger partial charge in [-0.1, -0.05) is 23.2 Å². The van der Waals surface area contributed by atoms with Crippen molar-refractivity contribution in [1.29, 1.82) is 0 Å². The fraction of sp³-hybridized carbons (Fsp3) is 0.500. The highest BCUT2D eigenvalue weighted by molar-refractivity contribution is 8.00. The fourth-order valence-corrected chi connectivity index (χ4v) is 5.30. The third-order valence-electron chi connectivity index (χ3n) is 3.12. The fourth-order valence-electron chi connectivity index (χ4n) is 2.01. The zero-order valence-electron chi connectivity index (χ0n) is 10.6. The molecule has 0 spiro atoms. The molecule has 4 nitrogen and oxygen atoms in total. The van der Waals surface area contributed by atoms with Gasteiger partial charge in [-0.25, -0.2) is 13.1 Å². The highest BCUT2D eigenvalue weighted by Gasteiger charge is 2.23. The monoisotopic (exact) mass is 355 g/mol. The quantitative estimate of drug-likeness (QED) is 0.851. The van der Waals surface area contributed by atoms with Gasteiger partial charge in [-0.05, 0) is 30.7 Å². The summed E-state index contributed by atoms with van der Waals surface area (Å²) in [7, 11) is -3.69. The van der Waals surface area contributed by atoms with Gasteiger partial charge in [-0.15, -0.1) is 0 Å². The van der Waals surface area contributed by atoms with Crippen LogP contribution in [-0.2, 0) is 16.6 Å². The van der Waals surface area contributed by atoms with Crippen molar-refractivity contribution in [2.75, 3.05) is 12.3 Å². The van der Waals surface area contributed by atoms with E-state index in [1.165, 1.54) is 12.1 Å². The van der Waals surface area contributed by atoms with Crippen molar-refractivity contribution in [3.8, 4) is 0 Å². The molecule has 0 saturated carbocycles. The largest absolute Gasteiger partial charge is 0.392 e. The van der Waals surface area contributed by atoms with E-state index >= 15 is 0 Å². The molecule has 1 aliphatic heterocycles. The minimum absolute atomic E-state index is 0.0217. The van der Waals surface area contributed by atoms with E-state index in [1.54, 1.807) is 11.8 Å². The minimum atomic E-state index is -3.69. The maximum Gasteiger partial charge on any atom is 0.242 e. The lowest BCUT2D eigenvalue weighted by Gasteiger charge is -2.13. The Labute approximate surface area is 132 Å². The maximum atomic E-state index is 12.3. The Hall–Kier alpha value is 0.0200.